The summed E-state index contributed by atoms with van der Waals surface area (Å²) in [6.45, 7) is 2.89. The van der Waals surface area contributed by atoms with Crippen LogP contribution in [0.25, 0.3) is 0 Å². The average molecular weight is 325 g/mol. The maximum absolute atomic E-state index is 12.6. The average Bonchev–Trinajstić information content (AvgIpc) is 3.25. The summed E-state index contributed by atoms with van der Waals surface area (Å²) in [6, 6.07) is 13.5. The topological polar surface area (TPSA) is 56.1 Å². The van der Waals surface area contributed by atoms with Crippen LogP contribution in [0.1, 0.15) is 36.2 Å². The molecule has 1 aliphatic rings. The predicted molar refractivity (Wildman–Crippen MR) is 92.2 cm³/mol. The zero-order valence-corrected chi connectivity index (χ0v) is 13.8. The molecule has 2 aromatic rings. The molecule has 23 heavy (non-hydrogen) atoms. The van der Waals surface area contributed by atoms with E-state index in [2.05, 4.69) is 33.8 Å². The molecule has 1 N–H and O–H groups in total. The van der Waals surface area contributed by atoms with Gasteiger partial charge in [-0.3, -0.25) is 9.69 Å². The van der Waals surface area contributed by atoms with Crippen molar-refractivity contribution in [1.82, 2.24) is 4.90 Å². The number of hydrogen-bond acceptors (Lipinski definition) is 4. The highest BCUT2D eigenvalue weighted by Crippen LogP contribution is 2.36. The van der Waals surface area contributed by atoms with Gasteiger partial charge in [-0.25, -0.2) is 0 Å². The summed E-state index contributed by atoms with van der Waals surface area (Å²) < 4.78 is 0. The van der Waals surface area contributed by atoms with Crippen molar-refractivity contribution in [1.29, 1.82) is 5.26 Å². The number of thiophene rings is 1. The van der Waals surface area contributed by atoms with Crippen LogP contribution in [0, 0.1) is 11.3 Å². The van der Waals surface area contributed by atoms with Crippen molar-refractivity contribution in [3.63, 3.8) is 0 Å². The molecular formula is C18H19N3OS. The van der Waals surface area contributed by atoms with E-state index >= 15 is 0 Å². The van der Waals surface area contributed by atoms with Gasteiger partial charge in [-0.15, -0.1) is 11.3 Å². The minimum absolute atomic E-state index is 0.0245. The van der Waals surface area contributed by atoms with E-state index in [4.69, 9.17) is 5.26 Å². The zero-order valence-electron chi connectivity index (χ0n) is 13.0. The van der Waals surface area contributed by atoms with Gasteiger partial charge in [0.2, 0.25) is 5.91 Å². The number of nitrogens with zero attached hydrogens (tertiary/aromatic N) is 2. The van der Waals surface area contributed by atoms with Crippen molar-refractivity contribution in [3.8, 4) is 6.07 Å². The molecule has 1 fully saturated rings. The third kappa shape index (κ3) is 3.44. The molecule has 1 saturated heterocycles. The first-order valence-corrected chi connectivity index (χ1v) is 8.67. The number of benzene rings is 1. The van der Waals surface area contributed by atoms with Gasteiger partial charge in [-0.2, -0.15) is 5.26 Å². The minimum Gasteiger partial charge on any atom is -0.325 e. The summed E-state index contributed by atoms with van der Waals surface area (Å²) >= 11 is 1.75. The molecule has 0 spiro atoms. The van der Waals surface area contributed by atoms with Crippen LogP contribution in [0.4, 0.5) is 5.69 Å². The van der Waals surface area contributed by atoms with E-state index in [0.717, 1.165) is 19.4 Å². The maximum atomic E-state index is 12.6. The Labute approximate surface area is 140 Å². The van der Waals surface area contributed by atoms with Gasteiger partial charge in [0.15, 0.2) is 0 Å². The largest absolute Gasteiger partial charge is 0.325 e. The third-order valence-electron chi connectivity index (χ3n) is 4.30. The van der Waals surface area contributed by atoms with Crippen LogP contribution in [0.3, 0.4) is 0 Å². The lowest BCUT2D eigenvalue weighted by Gasteiger charge is -2.29. The lowest BCUT2D eigenvalue weighted by atomic mass is 10.1. The molecule has 5 heteroatoms. The normalized spacial score (nSPS) is 19.2. The smallest absolute Gasteiger partial charge is 0.241 e. The molecular weight excluding hydrogens is 306 g/mol. The number of rotatable bonds is 4. The van der Waals surface area contributed by atoms with E-state index in [1.54, 1.807) is 29.5 Å². The molecule has 0 bridgehead atoms. The van der Waals surface area contributed by atoms with E-state index in [-0.39, 0.29) is 11.9 Å². The SMILES string of the molecule is CC(C(=O)Nc1cccc(C#N)c1)N1CCCC1c1cccs1. The molecule has 1 aromatic heterocycles. The van der Waals surface area contributed by atoms with Gasteiger partial charge in [-0.05, 0) is 56.0 Å². The molecule has 118 valence electrons. The molecule has 4 nitrogen and oxygen atoms in total. The summed E-state index contributed by atoms with van der Waals surface area (Å²) in [7, 11) is 0. The van der Waals surface area contributed by atoms with Crippen molar-refractivity contribution < 1.29 is 4.79 Å². The zero-order chi connectivity index (χ0) is 16.2. The molecule has 1 aliphatic heterocycles. The van der Waals surface area contributed by atoms with Gasteiger partial charge in [0.1, 0.15) is 0 Å². The van der Waals surface area contributed by atoms with Crippen LogP contribution in [0.2, 0.25) is 0 Å². The second-order valence-electron chi connectivity index (χ2n) is 5.77. The fourth-order valence-corrected chi connectivity index (χ4v) is 3.98. The molecule has 2 atom stereocenters. The quantitative estimate of drug-likeness (QED) is 0.930. The van der Waals surface area contributed by atoms with E-state index < -0.39 is 0 Å². The molecule has 0 aliphatic carbocycles. The van der Waals surface area contributed by atoms with Gasteiger partial charge < -0.3 is 5.32 Å². The monoisotopic (exact) mass is 325 g/mol. The Balaban J connectivity index is 1.70. The Hall–Kier alpha value is -2.16. The lowest BCUT2D eigenvalue weighted by molar-refractivity contribution is -0.121. The van der Waals surface area contributed by atoms with E-state index in [0.29, 0.717) is 17.3 Å². The Morgan fingerprint density at radius 2 is 2.30 bits per heavy atom. The van der Waals surface area contributed by atoms with Gasteiger partial charge in [0, 0.05) is 16.6 Å². The van der Waals surface area contributed by atoms with E-state index in [9.17, 15) is 4.79 Å². The number of carbonyl (C=O) groups excluding carboxylic acids is 1. The molecule has 1 amide bonds. The standard InChI is InChI=1S/C18H19N3OS/c1-13(18(22)20-15-6-2-5-14(11-15)12-19)21-9-3-7-16(21)17-8-4-10-23-17/h2,4-6,8,10-11,13,16H,3,7,9H2,1H3,(H,20,22). The lowest BCUT2D eigenvalue weighted by Crippen LogP contribution is -2.41. The number of likely N-dealkylation sites (tertiary alicyclic amines) is 1. The van der Waals surface area contributed by atoms with E-state index in [1.807, 2.05) is 13.0 Å². The second kappa shape index (κ2) is 6.95. The fourth-order valence-electron chi connectivity index (χ4n) is 3.10. The first-order valence-electron chi connectivity index (χ1n) is 7.79. The molecule has 0 radical (unpaired) electrons. The molecule has 2 unspecified atom stereocenters. The van der Waals surface area contributed by atoms with Gasteiger partial charge in [0.25, 0.3) is 0 Å². The van der Waals surface area contributed by atoms with Gasteiger partial charge in [0.05, 0.1) is 17.7 Å². The van der Waals surface area contributed by atoms with Gasteiger partial charge >= 0.3 is 0 Å². The summed E-state index contributed by atoms with van der Waals surface area (Å²) in [5, 5.41) is 14.0. The Morgan fingerprint density at radius 3 is 3.04 bits per heavy atom. The van der Waals surface area contributed by atoms with Crippen LogP contribution in [-0.2, 0) is 4.79 Å². The fraction of sp³-hybridized carbons (Fsp3) is 0.333. The molecule has 2 heterocycles. The van der Waals surface area contributed by atoms with Crippen molar-refractivity contribution >= 4 is 22.9 Å². The second-order valence-corrected chi connectivity index (χ2v) is 6.75. The number of nitriles is 1. The maximum Gasteiger partial charge on any atom is 0.241 e. The van der Waals surface area contributed by atoms with E-state index in [1.165, 1.54) is 4.88 Å². The number of carbonyl (C=O) groups is 1. The predicted octanol–water partition coefficient (Wildman–Crippen LogP) is 3.78. The summed E-state index contributed by atoms with van der Waals surface area (Å²) in [5.74, 6) is -0.0245. The number of nitrogens with one attached hydrogen (secondary N) is 1. The van der Waals surface area contributed by atoms with Crippen LogP contribution in [0.15, 0.2) is 41.8 Å². The van der Waals surface area contributed by atoms with Crippen LogP contribution in [0.5, 0.6) is 0 Å². The minimum atomic E-state index is -0.199. The van der Waals surface area contributed by atoms with Crippen molar-refractivity contribution in [2.75, 3.05) is 11.9 Å². The Kier molecular flexibility index (Phi) is 4.75. The van der Waals surface area contributed by atoms with Crippen LogP contribution >= 0.6 is 11.3 Å². The first kappa shape index (κ1) is 15.7. The summed E-state index contributed by atoms with van der Waals surface area (Å²) in [4.78, 5) is 16.2. The highest BCUT2D eigenvalue weighted by molar-refractivity contribution is 7.10. The number of anilines is 1. The number of hydrogen-bond donors (Lipinski definition) is 1. The van der Waals surface area contributed by atoms with Crippen molar-refractivity contribution in [2.45, 2.75) is 31.8 Å². The van der Waals surface area contributed by atoms with Gasteiger partial charge in [-0.1, -0.05) is 12.1 Å². The highest BCUT2D eigenvalue weighted by Gasteiger charge is 2.33. The highest BCUT2D eigenvalue weighted by atomic mass is 32.1. The summed E-state index contributed by atoms with van der Waals surface area (Å²) in [5.41, 5.74) is 1.22. The van der Waals surface area contributed by atoms with Crippen LogP contribution < -0.4 is 5.32 Å². The first-order chi connectivity index (χ1) is 11.2. The van der Waals surface area contributed by atoms with Crippen LogP contribution in [-0.4, -0.2) is 23.4 Å². The third-order valence-corrected chi connectivity index (χ3v) is 5.28. The Bertz CT molecular complexity index is 720. The molecule has 3 rings (SSSR count). The molecule has 1 aromatic carbocycles. The Morgan fingerprint density at radius 1 is 1.43 bits per heavy atom. The number of amides is 1. The summed E-state index contributed by atoms with van der Waals surface area (Å²) in [6.07, 6.45) is 2.21. The van der Waals surface area contributed by atoms with Crippen molar-refractivity contribution in [2.24, 2.45) is 0 Å². The molecule has 0 saturated carbocycles. The van der Waals surface area contributed by atoms with Crippen molar-refractivity contribution in [3.05, 3.63) is 52.2 Å².